The minimum Gasteiger partial charge on any atom is -0.504 e. The van der Waals surface area contributed by atoms with Crippen LogP contribution < -0.4 is 19.8 Å². The van der Waals surface area contributed by atoms with E-state index in [1.807, 2.05) is 0 Å². The van der Waals surface area contributed by atoms with Crippen molar-refractivity contribution in [2.75, 3.05) is 13.7 Å². The van der Waals surface area contributed by atoms with Crippen molar-refractivity contribution in [3.8, 4) is 23.0 Å². The van der Waals surface area contributed by atoms with Crippen molar-refractivity contribution in [3.05, 3.63) is 57.4 Å². The molecular weight excluding hydrogens is 396 g/mol. The number of phenols is 1. The number of hydrogen-bond donors (Lipinski definition) is 4. The SMILES string of the molecule is COc1cc([C@@H]2Oc3c(c(CO)cc4ccc(=O)oc34)O[C@H]2CO)cc(CO)c1O. The van der Waals surface area contributed by atoms with Gasteiger partial charge in [-0.2, -0.15) is 0 Å². The van der Waals surface area contributed by atoms with E-state index in [1.54, 1.807) is 12.1 Å². The molecule has 1 aliphatic heterocycles. The lowest BCUT2D eigenvalue weighted by atomic mass is 9.98. The first kappa shape index (κ1) is 20.0. The molecule has 0 saturated carbocycles. The van der Waals surface area contributed by atoms with Crippen molar-refractivity contribution >= 4 is 11.0 Å². The molecule has 30 heavy (non-hydrogen) atoms. The molecule has 0 bridgehead atoms. The number of rotatable bonds is 5. The number of methoxy groups -OCH3 is 1. The number of hydrogen-bond acceptors (Lipinski definition) is 9. The first-order valence-electron chi connectivity index (χ1n) is 9.16. The fraction of sp³-hybridized carbons (Fsp3) is 0.286. The molecule has 1 aromatic heterocycles. The predicted molar refractivity (Wildman–Crippen MR) is 104 cm³/mol. The van der Waals surface area contributed by atoms with E-state index < -0.39 is 31.0 Å². The number of aliphatic hydroxyl groups is 3. The van der Waals surface area contributed by atoms with Crippen molar-refractivity contribution in [3.63, 3.8) is 0 Å². The molecule has 1 aliphatic rings. The van der Waals surface area contributed by atoms with E-state index in [1.165, 1.54) is 25.3 Å². The summed E-state index contributed by atoms with van der Waals surface area (Å²) < 4.78 is 22.5. The third-order valence-electron chi connectivity index (χ3n) is 4.99. The van der Waals surface area contributed by atoms with E-state index in [0.717, 1.165) is 0 Å². The molecule has 9 heteroatoms. The largest absolute Gasteiger partial charge is 0.504 e. The van der Waals surface area contributed by atoms with Gasteiger partial charge in [-0.3, -0.25) is 0 Å². The molecular formula is C21H20O9. The lowest BCUT2D eigenvalue weighted by Gasteiger charge is -2.34. The topological polar surface area (TPSA) is 139 Å². The van der Waals surface area contributed by atoms with Crippen LogP contribution in [-0.4, -0.2) is 40.2 Å². The maximum absolute atomic E-state index is 11.8. The first-order chi connectivity index (χ1) is 14.5. The zero-order valence-electron chi connectivity index (χ0n) is 16.0. The predicted octanol–water partition coefficient (Wildman–Crippen LogP) is 1.37. The lowest BCUT2D eigenvalue weighted by Crippen LogP contribution is -2.36. The molecule has 9 nitrogen and oxygen atoms in total. The van der Waals surface area contributed by atoms with Gasteiger partial charge in [0.25, 0.3) is 0 Å². The third-order valence-corrected chi connectivity index (χ3v) is 4.99. The average Bonchev–Trinajstić information content (AvgIpc) is 2.77. The number of aromatic hydroxyl groups is 1. The number of benzene rings is 2. The number of fused-ring (bicyclic) bond motifs is 3. The summed E-state index contributed by atoms with van der Waals surface area (Å²) in [6, 6.07) is 7.43. The van der Waals surface area contributed by atoms with E-state index in [4.69, 9.17) is 18.6 Å². The summed E-state index contributed by atoms with van der Waals surface area (Å²) in [4.78, 5) is 11.8. The van der Waals surface area contributed by atoms with Gasteiger partial charge in [0.1, 0.15) is 0 Å². The second kappa shape index (κ2) is 7.86. The van der Waals surface area contributed by atoms with Crippen LogP contribution in [0.25, 0.3) is 11.0 Å². The molecule has 158 valence electrons. The van der Waals surface area contributed by atoms with Gasteiger partial charge in [-0.15, -0.1) is 0 Å². The van der Waals surface area contributed by atoms with Gasteiger partial charge in [-0.05, 0) is 24.3 Å². The molecule has 0 aliphatic carbocycles. The van der Waals surface area contributed by atoms with Crippen LogP contribution in [0.5, 0.6) is 23.0 Å². The van der Waals surface area contributed by atoms with Gasteiger partial charge in [0.2, 0.25) is 5.75 Å². The Labute approximate surface area is 170 Å². The van der Waals surface area contributed by atoms with Gasteiger partial charge in [0.15, 0.2) is 35.0 Å². The summed E-state index contributed by atoms with van der Waals surface area (Å²) in [6.45, 7) is -1.23. The highest BCUT2D eigenvalue weighted by molar-refractivity contribution is 5.87. The summed E-state index contributed by atoms with van der Waals surface area (Å²) in [7, 11) is 1.37. The molecule has 0 spiro atoms. The van der Waals surface area contributed by atoms with Gasteiger partial charge < -0.3 is 39.1 Å². The van der Waals surface area contributed by atoms with Crippen LogP contribution in [0.3, 0.4) is 0 Å². The Morgan fingerprint density at radius 3 is 2.43 bits per heavy atom. The molecule has 0 amide bonds. The zero-order chi connectivity index (χ0) is 21.4. The fourth-order valence-electron chi connectivity index (χ4n) is 3.54. The van der Waals surface area contributed by atoms with Gasteiger partial charge in [0.05, 0.1) is 26.9 Å². The molecule has 0 saturated heterocycles. The highest BCUT2D eigenvalue weighted by atomic mass is 16.6. The third kappa shape index (κ3) is 3.22. The Morgan fingerprint density at radius 1 is 1.00 bits per heavy atom. The Morgan fingerprint density at radius 2 is 1.77 bits per heavy atom. The summed E-state index contributed by atoms with van der Waals surface area (Å²) in [5.41, 5.74) is 0.627. The number of aliphatic hydroxyl groups excluding tert-OH is 3. The van der Waals surface area contributed by atoms with Gasteiger partial charge in [-0.1, -0.05) is 0 Å². The molecule has 2 heterocycles. The maximum Gasteiger partial charge on any atom is 0.336 e. The van der Waals surface area contributed by atoms with E-state index in [9.17, 15) is 25.2 Å². The van der Waals surface area contributed by atoms with Crippen LogP contribution in [0.15, 0.2) is 39.5 Å². The van der Waals surface area contributed by atoms with Crippen LogP contribution >= 0.6 is 0 Å². The molecule has 0 radical (unpaired) electrons. The molecule has 3 aromatic rings. The molecule has 2 aromatic carbocycles. The van der Waals surface area contributed by atoms with Crippen LogP contribution in [0, 0.1) is 0 Å². The van der Waals surface area contributed by atoms with Gasteiger partial charge in [-0.25, -0.2) is 4.79 Å². The van der Waals surface area contributed by atoms with Crippen molar-refractivity contribution in [1.29, 1.82) is 0 Å². The second-order valence-corrected chi connectivity index (χ2v) is 6.79. The highest BCUT2D eigenvalue weighted by Crippen LogP contribution is 2.47. The first-order valence-corrected chi connectivity index (χ1v) is 9.16. The van der Waals surface area contributed by atoms with E-state index in [2.05, 4.69) is 0 Å². The summed E-state index contributed by atoms with van der Waals surface area (Å²) in [5, 5.41) is 39.9. The Kier molecular flexibility index (Phi) is 5.25. The summed E-state index contributed by atoms with van der Waals surface area (Å²) in [5.74, 6) is 0.188. The Hall–Kier alpha value is -3.27. The van der Waals surface area contributed by atoms with Crippen LogP contribution in [0.1, 0.15) is 22.8 Å². The molecule has 0 fully saturated rings. The van der Waals surface area contributed by atoms with Crippen molar-refractivity contribution < 1.29 is 39.1 Å². The quantitative estimate of drug-likeness (QED) is 0.454. The zero-order valence-corrected chi connectivity index (χ0v) is 16.0. The van der Waals surface area contributed by atoms with Gasteiger partial charge in [0, 0.05) is 28.1 Å². The van der Waals surface area contributed by atoms with Crippen molar-refractivity contribution in [2.45, 2.75) is 25.4 Å². The molecule has 2 atom stereocenters. The standard InChI is InChI=1S/C21H20O9/c1-27-14-6-11(5-12(7-22)17(14)26)18-15(9-24)28-20-13(8-23)4-10-2-3-16(25)29-19(10)21(20)30-18/h2-6,15,18,22-24,26H,7-9H2,1H3/t15-,18-/m0/s1. The monoisotopic (exact) mass is 416 g/mol. The fourth-order valence-corrected chi connectivity index (χ4v) is 3.54. The normalized spacial score (nSPS) is 17.9. The van der Waals surface area contributed by atoms with Crippen molar-refractivity contribution in [1.82, 2.24) is 0 Å². The van der Waals surface area contributed by atoms with Crippen molar-refractivity contribution in [2.24, 2.45) is 0 Å². The summed E-state index contributed by atoms with van der Waals surface area (Å²) in [6.07, 6.45) is -1.76. The summed E-state index contributed by atoms with van der Waals surface area (Å²) >= 11 is 0. The van der Waals surface area contributed by atoms with E-state index in [0.29, 0.717) is 16.5 Å². The maximum atomic E-state index is 11.8. The lowest BCUT2D eigenvalue weighted by molar-refractivity contribution is -0.0135. The minimum atomic E-state index is -0.884. The average molecular weight is 416 g/mol. The molecule has 0 unspecified atom stereocenters. The minimum absolute atomic E-state index is 0.113. The smallest absolute Gasteiger partial charge is 0.336 e. The number of ether oxygens (including phenoxy) is 3. The highest BCUT2D eigenvalue weighted by Gasteiger charge is 2.36. The van der Waals surface area contributed by atoms with E-state index >= 15 is 0 Å². The molecule has 4 rings (SSSR count). The Balaban J connectivity index is 1.91. The Bertz CT molecular complexity index is 1130. The van der Waals surface area contributed by atoms with Crippen LogP contribution in [0.2, 0.25) is 0 Å². The van der Waals surface area contributed by atoms with E-state index in [-0.39, 0.29) is 40.8 Å². The van der Waals surface area contributed by atoms with Crippen LogP contribution in [0.4, 0.5) is 0 Å². The molecule has 4 N–H and O–H groups in total. The van der Waals surface area contributed by atoms with Crippen LogP contribution in [-0.2, 0) is 13.2 Å². The second-order valence-electron chi connectivity index (χ2n) is 6.79. The van der Waals surface area contributed by atoms with Gasteiger partial charge >= 0.3 is 5.63 Å².